The maximum Gasteiger partial charge on any atom is 0.170 e. The Kier molecular flexibility index (Phi) is 3.27. The zero-order valence-corrected chi connectivity index (χ0v) is 10.6. The van der Waals surface area contributed by atoms with Crippen molar-refractivity contribution in [3.8, 4) is 0 Å². The third-order valence-corrected chi connectivity index (χ3v) is 2.69. The second-order valence-corrected chi connectivity index (χ2v) is 5.22. The van der Waals surface area contributed by atoms with Gasteiger partial charge in [-0.25, -0.2) is 0 Å². The highest BCUT2D eigenvalue weighted by Crippen LogP contribution is 2.29. The van der Waals surface area contributed by atoms with E-state index in [9.17, 15) is 0 Å². The molecule has 1 aromatic carbocycles. The molecule has 0 atom stereocenters. The van der Waals surface area contributed by atoms with E-state index in [4.69, 9.17) is 10.9 Å². The number of oxime groups is 1. The van der Waals surface area contributed by atoms with Gasteiger partial charge >= 0.3 is 0 Å². The molecular formula is C13H20N2O. The van der Waals surface area contributed by atoms with E-state index >= 15 is 0 Å². The molecule has 3 N–H and O–H groups in total. The van der Waals surface area contributed by atoms with Gasteiger partial charge in [-0.1, -0.05) is 25.9 Å². The molecule has 0 aliphatic rings. The van der Waals surface area contributed by atoms with E-state index in [2.05, 4.69) is 39.8 Å². The highest BCUT2D eigenvalue weighted by atomic mass is 16.4. The third-order valence-electron chi connectivity index (χ3n) is 2.69. The van der Waals surface area contributed by atoms with Gasteiger partial charge in [-0.05, 0) is 48.1 Å². The topological polar surface area (TPSA) is 58.6 Å². The van der Waals surface area contributed by atoms with Crippen LogP contribution < -0.4 is 5.73 Å². The van der Waals surface area contributed by atoms with Gasteiger partial charge in [0.2, 0.25) is 0 Å². The molecule has 16 heavy (non-hydrogen) atoms. The SMILES string of the molecule is Cc1cc(/C(N)=N/O)cc(C)c1C(C)(C)C. The zero-order chi connectivity index (χ0) is 12.5. The molecule has 3 heteroatoms. The summed E-state index contributed by atoms with van der Waals surface area (Å²) < 4.78 is 0. The van der Waals surface area contributed by atoms with Crippen LogP contribution in [0, 0.1) is 13.8 Å². The fourth-order valence-corrected chi connectivity index (χ4v) is 2.35. The minimum Gasteiger partial charge on any atom is -0.409 e. The predicted molar refractivity (Wildman–Crippen MR) is 67.1 cm³/mol. The van der Waals surface area contributed by atoms with Crippen molar-refractivity contribution >= 4 is 5.84 Å². The first-order chi connectivity index (χ1) is 7.27. The van der Waals surface area contributed by atoms with Crippen LogP contribution in [-0.4, -0.2) is 11.0 Å². The summed E-state index contributed by atoms with van der Waals surface area (Å²) in [5.41, 5.74) is 10.1. The molecule has 0 aliphatic heterocycles. The van der Waals surface area contributed by atoms with E-state index in [1.54, 1.807) is 0 Å². The first-order valence-corrected chi connectivity index (χ1v) is 5.37. The van der Waals surface area contributed by atoms with Crippen LogP contribution in [0.3, 0.4) is 0 Å². The monoisotopic (exact) mass is 220 g/mol. The first-order valence-electron chi connectivity index (χ1n) is 5.37. The Morgan fingerprint density at radius 2 is 1.62 bits per heavy atom. The van der Waals surface area contributed by atoms with Crippen molar-refractivity contribution in [1.29, 1.82) is 0 Å². The number of benzene rings is 1. The Balaban J connectivity index is 3.40. The molecule has 0 aliphatic carbocycles. The molecule has 0 unspecified atom stereocenters. The molecule has 0 bridgehead atoms. The first kappa shape index (κ1) is 12.6. The lowest BCUT2D eigenvalue weighted by Gasteiger charge is -2.25. The summed E-state index contributed by atoms with van der Waals surface area (Å²) in [6, 6.07) is 3.92. The van der Waals surface area contributed by atoms with Crippen LogP contribution >= 0.6 is 0 Å². The van der Waals surface area contributed by atoms with Crippen molar-refractivity contribution in [3.63, 3.8) is 0 Å². The number of nitrogens with two attached hydrogens (primary N) is 1. The molecule has 0 radical (unpaired) electrons. The van der Waals surface area contributed by atoms with E-state index < -0.39 is 0 Å². The van der Waals surface area contributed by atoms with Crippen LogP contribution in [-0.2, 0) is 5.41 Å². The van der Waals surface area contributed by atoms with Crippen LogP contribution in [0.5, 0.6) is 0 Å². The van der Waals surface area contributed by atoms with Crippen LogP contribution in [0.25, 0.3) is 0 Å². The van der Waals surface area contributed by atoms with Gasteiger partial charge in [0.1, 0.15) is 0 Å². The molecule has 0 aromatic heterocycles. The Morgan fingerprint density at radius 3 is 1.94 bits per heavy atom. The summed E-state index contributed by atoms with van der Waals surface area (Å²) >= 11 is 0. The highest BCUT2D eigenvalue weighted by Gasteiger charge is 2.19. The molecule has 1 aromatic rings. The van der Waals surface area contributed by atoms with Crippen molar-refractivity contribution in [3.05, 3.63) is 34.4 Å². The summed E-state index contributed by atoms with van der Waals surface area (Å²) in [7, 11) is 0. The quantitative estimate of drug-likeness (QED) is 0.331. The average Bonchev–Trinajstić information content (AvgIpc) is 2.13. The van der Waals surface area contributed by atoms with Gasteiger partial charge in [0, 0.05) is 5.56 Å². The fourth-order valence-electron chi connectivity index (χ4n) is 2.35. The number of aryl methyl sites for hydroxylation is 2. The Labute approximate surface area is 97.0 Å². The molecule has 0 saturated heterocycles. The van der Waals surface area contributed by atoms with Crippen LogP contribution in [0.1, 0.15) is 43.0 Å². The lowest BCUT2D eigenvalue weighted by atomic mass is 9.80. The Hall–Kier alpha value is -1.51. The second-order valence-electron chi connectivity index (χ2n) is 5.22. The summed E-state index contributed by atoms with van der Waals surface area (Å²) in [6.45, 7) is 10.7. The molecule has 1 rings (SSSR count). The number of amidine groups is 1. The van der Waals surface area contributed by atoms with Gasteiger partial charge < -0.3 is 10.9 Å². The smallest absolute Gasteiger partial charge is 0.170 e. The second kappa shape index (κ2) is 4.16. The van der Waals surface area contributed by atoms with Crippen molar-refractivity contribution < 1.29 is 5.21 Å². The molecule has 0 amide bonds. The lowest BCUT2D eigenvalue weighted by Crippen LogP contribution is -2.18. The summed E-state index contributed by atoms with van der Waals surface area (Å²) in [4.78, 5) is 0. The fraction of sp³-hybridized carbons (Fsp3) is 0.462. The van der Waals surface area contributed by atoms with Gasteiger partial charge in [0.05, 0.1) is 0 Å². The van der Waals surface area contributed by atoms with E-state index in [1.807, 2.05) is 12.1 Å². The average molecular weight is 220 g/mol. The van der Waals surface area contributed by atoms with Crippen LogP contribution in [0.15, 0.2) is 17.3 Å². The summed E-state index contributed by atoms with van der Waals surface area (Å²) in [5.74, 6) is 0.159. The molecular weight excluding hydrogens is 200 g/mol. The summed E-state index contributed by atoms with van der Waals surface area (Å²) in [6.07, 6.45) is 0. The molecule has 0 heterocycles. The summed E-state index contributed by atoms with van der Waals surface area (Å²) in [5, 5.41) is 11.7. The van der Waals surface area contributed by atoms with Crippen LogP contribution in [0.4, 0.5) is 0 Å². The Morgan fingerprint density at radius 1 is 1.19 bits per heavy atom. The Bertz CT molecular complexity index is 405. The van der Waals surface area contributed by atoms with E-state index in [0.717, 1.165) is 5.56 Å². The number of nitrogens with zero attached hydrogens (tertiary/aromatic N) is 1. The standard InChI is InChI=1S/C13H20N2O/c1-8-6-10(12(14)15-16)7-9(2)11(8)13(3,4)5/h6-7,16H,1-5H3,(H2,14,15). The highest BCUT2D eigenvalue weighted by molar-refractivity contribution is 5.97. The van der Waals surface area contributed by atoms with Crippen LogP contribution in [0.2, 0.25) is 0 Å². The van der Waals surface area contributed by atoms with E-state index in [0.29, 0.717) is 0 Å². The number of rotatable bonds is 1. The van der Waals surface area contributed by atoms with Crippen molar-refractivity contribution in [2.75, 3.05) is 0 Å². The van der Waals surface area contributed by atoms with Gasteiger partial charge in [0.25, 0.3) is 0 Å². The minimum absolute atomic E-state index is 0.109. The maximum absolute atomic E-state index is 8.66. The molecule has 0 spiro atoms. The van der Waals surface area contributed by atoms with Gasteiger partial charge in [-0.3, -0.25) is 0 Å². The lowest BCUT2D eigenvalue weighted by molar-refractivity contribution is 0.318. The zero-order valence-electron chi connectivity index (χ0n) is 10.6. The van der Waals surface area contributed by atoms with Crippen molar-refractivity contribution in [2.45, 2.75) is 40.0 Å². The van der Waals surface area contributed by atoms with Crippen molar-refractivity contribution in [2.24, 2.45) is 10.9 Å². The predicted octanol–water partition coefficient (Wildman–Crippen LogP) is 2.70. The number of hydrogen-bond acceptors (Lipinski definition) is 2. The largest absolute Gasteiger partial charge is 0.409 e. The normalized spacial score (nSPS) is 12.9. The van der Waals surface area contributed by atoms with Crippen molar-refractivity contribution in [1.82, 2.24) is 0 Å². The molecule has 3 nitrogen and oxygen atoms in total. The molecule has 88 valence electrons. The molecule has 0 fully saturated rings. The van der Waals surface area contributed by atoms with Gasteiger partial charge in [0.15, 0.2) is 5.84 Å². The third kappa shape index (κ3) is 2.35. The van der Waals surface area contributed by atoms with Gasteiger partial charge in [-0.2, -0.15) is 0 Å². The van der Waals surface area contributed by atoms with Gasteiger partial charge in [-0.15, -0.1) is 0 Å². The number of hydrogen-bond donors (Lipinski definition) is 2. The van der Waals surface area contributed by atoms with E-state index in [-0.39, 0.29) is 11.3 Å². The minimum atomic E-state index is 0.109. The maximum atomic E-state index is 8.66. The van der Waals surface area contributed by atoms with E-state index in [1.165, 1.54) is 16.7 Å². The molecule has 0 saturated carbocycles.